The fraction of sp³-hybridized carbons (Fsp3) is 0.250. The molecule has 0 radical (unpaired) electrons. The largest absolute Gasteiger partial charge is 0.496 e. The van der Waals surface area contributed by atoms with E-state index in [9.17, 15) is 5.11 Å². The monoisotopic (exact) mass is 276 g/mol. The van der Waals surface area contributed by atoms with Gasteiger partial charge in [0.2, 0.25) is 0 Å². The van der Waals surface area contributed by atoms with Gasteiger partial charge in [-0.25, -0.2) is 0 Å². The molecule has 100 valence electrons. The third-order valence-electron chi connectivity index (χ3n) is 3.07. The fourth-order valence-electron chi connectivity index (χ4n) is 2.09. The first kappa shape index (κ1) is 13.9. The highest BCUT2D eigenvalue weighted by Crippen LogP contribution is 2.29. The summed E-state index contributed by atoms with van der Waals surface area (Å²) in [5.41, 5.74) is 2.91. The third-order valence-corrected chi connectivity index (χ3v) is 3.30. The summed E-state index contributed by atoms with van der Waals surface area (Å²) in [7, 11) is 1.62. The van der Waals surface area contributed by atoms with E-state index >= 15 is 0 Å². The van der Waals surface area contributed by atoms with Crippen LogP contribution >= 0.6 is 11.6 Å². The SMILES string of the molecule is COc1cc(C)ccc1C(O)Cc1cccc(Cl)c1. The number of benzene rings is 2. The van der Waals surface area contributed by atoms with Gasteiger partial charge in [-0.05, 0) is 36.2 Å². The van der Waals surface area contributed by atoms with Crippen LogP contribution in [0.5, 0.6) is 5.75 Å². The lowest BCUT2D eigenvalue weighted by Gasteiger charge is -2.15. The molecule has 0 spiro atoms. The third kappa shape index (κ3) is 3.49. The second-order valence-electron chi connectivity index (χ2n) is 4.60. The van der Waals surface area contributed by atoms with Crippen molar-refractivity contribution in [2.24, 2.45) is 0 Å². The summed E-state index contributed by atoms with van der Waals surface area (Å²) < 4.78 is 5.32. The van der Waals surface area contributed by atoms with Gasteiger partial charge in [0.25, 0.3) is 0 Å². The Balaban J connectivity index is 2.22. The molecule has 0 amide bonds. The van der Waals surface area contributed by atoms with Crippen molar-refractivity contribution in [3.8, 4) is 5.75 Å². The van der Waals surface area contributed by atoms with Crippen LogP contribution in [0.2, 0.25) is 5.02 Å². The second kappa shape index (κ2) is 6.09. The summed E-state index contributed by atoms with van der Waals surface area (Å²) in [6.07, 6.45) is -0.0889. The van der Waals surface area contributed by atoms with Crippen molar-refractivity contribution in [1.29, 1.82) is 0 Å². The van der Waals surface area contributed by atoms with Crippen LogP contribution < -0.4 is 4.74 Å². The number of hydrogen-bond donors (Lipinski definition) is 1. The molecule has 2 aromatic carbocycles. The van der Waals surface area contributed by atoms with Crippen LogP contribution in [-0.4, -0.2) is 12.2 Å². The standard InChI is InChI=1S/C16H17ClO2/c1-11-6-7-14(16(8-11)19-2)15(18)10-12-4-3-5-13(17)9-12/h3-9,15,18H,10H2,1-2H3. The maximum Gasteiger partial charge on any atom is 0.124 e. The minimum Gasteiger partial charge on any atom is -0.496 e. The van der Waals surface area contributed by atoms with Crippen molar-refractivity contribution in [1.82, 2.24) is 0 Å². The summed E-state index contributed by atoms with van der Waals surface area (Å²) in [6, 6.07) is 13.3. The Bertz CT molecular complexity index is 566. The van der Waals surface area contributed by atoms with Crippen LogP contribution in [0.25, 0.3) is 0 Å². The van der Waals surface area contributed by atoms with Crippen LogP contribution in [0.4, 0.5) is 0 Å². The number of hydrogen-bond acceptors (Lipinski definition) is 2. The van der Waals surface area contributed by atoms with E-state index < -0.39 is 6.10 Å². The van der Waals surface area contributed by atoms with Crippen LogP contribution in [0, 0.1) is 6.92 Å². The van der Waals surface area contributed by atoms with E-state index in [4.69, 9.17) is 16.3 Å². The normalized spacial score (nSPS) is 12.2. The minimum atomic E-state index is -0.603. The molecule has 1 unspecified atom stereocenters. The first-order chi connectivity index (χ1) is 9.10. The molecule has 1 N–H and O–H groups in total. The zero-order valence-electron chi connectivity index (χ0n) is 11.1. The first-order valence-corrected chi connectivity index (χ1v) is 6.55. The first-order valence-electron chi connectivity index (χ1n) is 6.17. The average Bonchev–Trinajstić information content (AvgIpc) is 2.38. The molecule has 1 atom stereocenters. The van der Waals surface area contributed by atoms with E-state index in [1.807, 2.05) is 49.4 Å². The van der Waals surface area contributed by atoms with E-state index in [0.29, 0.717) is 11.4 Å². The highest BCUT2D eigenvalue weighted by molar-refractivity contribution is 6.30. The fourth-order valence-corrected chi connectivity index (χ4v) is 2.30. The van der Waals surface area contributed by atoms with Crippen molar-refractivity contribution >= 4 is 11.6 Å². The Hall–Kier alpha value is -1.51. The summed E-state index contributed by atoms with van der Waals surface area (Å²) >= 11 is 5.95. The predicted molar refractivity (Wildman–Crippen MR) is 77.8 cm³/mol. The van der Waals surface area contributed by atoms with E-state index in [2.05, 4.69) is 0 Å². The number of aryl methyl sites for hydroxylation is 1. The molecule has 0 bridgehead atoms. The molecule has 2 nitrogen and oxygen atoms in total. The van der Waals surface area contributed by atoms with Gasteiger partial charge >= 0.3 is 0 Å². The number of aliphatic hydroxyl groups excluding tert-OH is 1. The Morgan fingerprint density at radius 3 is 2.68 bits per heavy atom. The molecule has 0 aliphatic carbocycles. The number of methoxy groups -OCH3 is 1. The highest BCUT2D eigenvalue weighted by Gasteiger charge is 2.14. The molecular weight excluding hydrogens is 260 g/mol. The zero-order valence-corrected chi connectivity index (χ0v) is 11.8. The van der Waals surface area contributed by atoms with E-state index in [-0.39, 0.29) is 0 Å². The summed E-state index contributed by atoms with van der Waals surface area (Å²) in [6.45, 7) is 2.00. The maximum atomic E-state index is 10.3. The predicted octanol–water partition coefficient (Wildman–Crippen LogP) is 3.93. The van der Waals surface area contributed by atoms with Gasteiger partial charge in [0, 0.05) is 17.0 Å². The summed E-state index contributed by atoms with van der Waals surface area (Å²) in [4.78, 5) is 0. The van der Waals surface area contributed by atoms with Crippen molar-refractivity contribution in [2.45, 2.75) is 19.4 Å². The molecule has 2 aromatic rings. The van der Waals surface area contributed by atoms with Gasteiger partial charge in [-0.3, -0.25) is 0 Å². The molecule has 2 rings (SSSR count). The lowest BCUT2D eigenvalue weighted by molar-refractivity contribution is 0.174. The van der Waals surface area contributed by atoms with Crippen molar-refractivity contribution < 1.29 is 9.84 Å². The minimum absolute atomic E-state index is 0.514. The Kier molecular flexibility index (Phi) is 4.46. The number of aliphatic hydroxyl groups is 1. The molecular formula is C16H17ClO2. The molecule has 3 heteroatoms. The number of ether oxygens (including phenoxy) is 1. The van der Waals surface area contributed by atoms with Crippen molar-refractivity contribution in [3.05, 3.63) is 64.2 Å². The van der Waals surface area contributed by atoms with Gasteiger partial charge in [0.1, 0.15) is 5.75 Å². The molecule has 0 heterocycles. The molecule has 0 aliphatic heterocycles. The van der Waals surface area contributed by atoms with Gasteiger partial charge < -0.3 is 9.84 Å². The van der Waals surface area contributed by atoms with Crippen LogP contribution in [0.1, 0.15) is 22.8 Å². The topological polar surface area (TPSA) is 29.5 Å². The lowest BCUT2D eigenvalue weighted by atomic mass is 9.99. The van der Waals surface area contributed by atoms with Gasteiger partial charge in [0.05, 0.1) is 13.2 Å². The van der Waals surface area contributed by atoms with E-state index in [1.165, 1.54) is 0 Å². The zero-order chi connectivity index (χ0) is 13.8. The molecule has 0 fully saturated rings. The van der Waals surface area contributed by atoms with E-state index in [0.717, 1.165) is 22.4 Å². The Labute approximate surface area is 118 Å². The van der Waals surface area contributed by atoms with Gasteiger partial charge in [-0.2, -0.15) is 0 Å². The van der Waals surface area contributed by atoms with Gasteiger partial charge in [0.15, 0.2) is 0 Å². The molecule has 0 saturated carbocycles. The quantitative estimate of drug-likeness (QED) is 0.917. The van der Waals surface area contributed by atoms with Gasteiger partial charge in [-0.15, -0.1) is 0 Å². The van der Waals surface area contributed by atoms with Crippen molar-refractivity contribution in [3.63, 3.8) is 0 Å². The lowest BCUT2D eigenvalue weighted by Crippen LogP contribution is -2.04. The Morgan fingerprint density at radius 1 is 1.21 bits per heavy atom. The van der Waals surface area contributed by atoms with Crippen LogP contribution in [-0.2, 0) is 6.42 Å². The van der Waals surface area contributed by atoms with E-state index in [1.54, 1.807) is 7.11 Å². The van der Waals surface area contributed by atoms with Crippen LogP contribution in [0.3, 0.4) is 0 Å². The molecule has 0 saturated heterocycles. The van der Waals surface area contributed by atoms with Crippen molar-refractivity contribution in [2.75, 3.05) is 7.11 Å². The maximum absolute atomic E-state index is 10.3. The smallest absolute Gasteiger partial charge is 0.124 e. The molecule has 0 aliphatic rings. The molecule has 19 heavy (non-hydrogen) atoms. The number of rotatable bonds is 4. The Morgan fingerprint density at radius 2 is 2.00 bits per heavy atom. The highest BCUT2D eigenvalue weighted by atomic mass is 35.5. The summed E-state index contributed by atoms with van der Waals surface area (Å²) in [5, 5.41) is 11.0. The van der Waals surface area contributed by atoms with Gasteiger partial charge in [-0.1, -0.05) is 35.9 Å². The number of halogens is 1. The van der Waals surface area contributed by atoms with Crippen LogP contribution in [0.15, 0.2) is 42.5 Å². The second-order valence-corrected chi connectivity index (χ2v) is 5.03. The summed E-state index contributed by atoms with van der Waals surface area (Å²) in [5.74, 6) is 0.717. The average molecular weight is 277 g/mol. The molecule has 0 aromatic heterocycles.